The van der Waals surface area contributed by atoms with Crippen LogP contribution in [0.2, 0.25) is 0 Å². The minimum Gasteiger partial charge on any atom is -0.407 e. The Morgan fingerprint density at radius 2 is 2.09 bits per heavy atom. The summed E-state index contributed by atoms with van der Waals surface area (Å²) in [4.78, 5) is 10.2. The highest BCUT2D eigenvalue weighted by molar-refractivity contribution is 5.68. The first-order chi connectivity index (χ1) is 5.20. The van der Waals surface area contributed by atoms with Crippen molar-refractivity contribution in [3.05, 3.63) is 30.1 Å². The predicted molar refractivity (Wildman–Crippen MR) is 36.6 cm³/mol. The first-order valence-electron chi connectivity index (χ1n) is 2.92. The number of para-hydroxylation sites is 1. The van der Waals surface area contributed by atoms with Crippen molar-refractivity contribution in [1.82, 2.24) is 0 Å². The molecular weight excluding hydrogens is 149 g/mol. The number of nitrogens with two attached hydrogens (primary N) is 1. The van der Waals surface area contributed by atoms with Crippen LogP contribution in [-0.4, -0.2) is 6.09 Å². The average Bonchev–Trinajstić information content (AvgIpc) is 1.93. The fourth-order valence-corrected chi connectivity index (χ4v) is 0.636. The third-order valence-electron chi connectivity index (χ3n) is 1.05. The number of hydrogen-bond acceptors (Lipinski definition) is 2. The van der Waals surface area contributed by atoms with Crippen LogP contribution in [0.25, 0.3) is 0 Å². The molecule has 0 fully saturated rings. The molecule has 1 aromatic carbocycles. The second-order valence-electron chi connectivity index (χ2n) is 1.85. The lowest BCUT2D eigenvalue weighted by Crippen LogP contribution is -2.16. The predicted octanol–water partition coefficient (Wildman–Crippen LogP) is 1.28. The highest BCUT2D eigenvalue weighted by atomic mass is 19.1. The molecular formula is C7H6FNO2. The maximum absolute atomic E-state index is 12.6. The molecule has 1 rings (SSSR count). The van der Waals surface area contributed by atoms with Crippen LogP contribution < -0.4 is 10.5 Å². The Labute approximate surface area is 62.6 Å². The van der Waals surface area contributed by atoms with Gasteiger partial charge in [-0.15, -0.1) is 0 Å². The number of amides is 1. The number of carbonyl (C=O) groups is 1. The van der Waals surface area contributed by atoms with Gasteiger partial charge in [0.1, 0.15) is 0 Å². The number of halogens is 1. The van der Waals surface area contributed by atoms with E-state index in [1.807, 2.05) is 0 Å². The van der Waals surface area contributed by atoms with E-state index < -0.39 is 11.9 Å². The molecule has 1 amide bonds. The van der Waals surface area contributed by atoms with E-state index in [1.165, 1.54) is 18.2 Å². The van der Waals surface area contributed by atoms with Crippen molar-refractivity contribution in [2.24, 2.45) is 5.73 Å². The molecule has 0 radical (unpaired) electrons. The molecule has 0 aliphatic carbocycles. The minimum absolute atomic E-state index is 0.153. The third kappa shape index (κ3) is 1.93. The van der Waals surface area contributed by atoms with Crippen LogP contribution in [0.4, 0.5) is 9.18 Å². The Kier molecular flexibility index (Phi) is 2.06. The van der Waals surface area contributed by atoms with Crippen LogP contribution in [0, 0.1) is 5.82 Å². The quantitative estimate of drug-likeness (QED) is 0.664. The SMILES string of the molecule is NC(=O)Oc1ccccc1F. The van der Waals surface area contributed by atoms with Gasteiger partial charge in [0.25, 0.3) is 0 Å². The number of carbonyl (C=O) groups excluding carboxylic acids is 1. The molecule has 0 heterocycles. The number of primary amides is 1. The van der Waals surface area contributed by atoms with Crippen molar-refractivity contribution in [3.63, 3.8) is 0 Å². The van der Waals surface area contributed by atoms with Gasteiger partial charge < -0.3 is 10.5 Å². The third-order valence-corrected chi connectivity index (χ3v) is 1.05. The van der Waals surface area contributed by atoms with E-state index in [0.717, 1.165) is 0 Å². The number of ether oxygens (including phenoxy) is 1. The number of rotatable bonds is 1. The molecule has 0 bridgehead atoms. The summed E-state index contributed by atoms with van der Waals surface area (Å²) in [6.45, 7) is 0. The Morgan fingerprint density at radius 3 is 2.64 bits per heavy atom. The second-order valence-corrected chi connectivity index (χ2v) is 1.85. The van der Waals surface area contributed by atoms with Crippen molar-refractivity contribution >= 4 is 6.09 Å². The Bertz CT molecular complexity index is 275. The summed E-state index contributed by atoms with van der Waals surface area (Å²) in [6.07, 6.45) is -1.02. The molecule has 58 valence electrons. The molecule has 0 unspecified atom stereocenters. The van der Waals surface area contributed by atoms with Crippen molar-refractivity contribution in [1.29, 1.82) is 0 Å². The van der Waals surface area contributed by atoms with Crippen molar-refractivity contribution in [2.45, 2.75) is 0 Å². The minimum atomic E-state index is -1.02. The normalized spacial score (nSPS) is 9.18. The zero-order valence-electron chi connectivity index (χ0n) is 5.58. The van der Waals surface area contributed by atoms with Gasteiger partial charge in [-0.1, -0.05) is 12.1 Å². The summed E-state index contributed by atoms with van der Waals surface area (Å²) in [5.74, 6) is -0.758. The van der Waals surface area contributed by atoms with Gasteiger partial charge in [-0.05, 0) is 12.1 Å². The Morgan fingerprint density at radius 1 is 1.45 bits per heavy atom. The molecule has 0 saturated heterocycles. The molecule has 0 aromatic heterocycles. The van der Waals surface area contributed by atoms with Crippen LogP contribution in [0.15, 0.2) is 24.3 Å². The molecule has 4 heteroatoms. The van der Waals surface area contributed by atoms with Gasteiger partial charge in [0.2, 0.25) is 0 Å². The lowest BCUT2D eigenvalue weighted by atomic mass is 10.3. The largest absolute Gasteiger partial charge is 0.410 e. The topological polar surface area (TPSA) is 52.3 Å². The summed E-state index contributed by atoms with van der Waals surface area (Å²) < 4.78 is 16.9. The van der Waals surface area contributed by atoms with E-state index in [0.29, 0.717) is 0 Å². The van der Waals surface area contributed by atoms with E-state index in [1.54, 1.807) is 6.07 Å². The number of hydrogen-bond donors (Lipinski definition) is 1. The maximum atomic E-state index is 12.6. The van der Waals surface area contributed by atoms with Gasteiger partial charge in [0.15, 0.2) is 11.6 Å². The van der Waals surface area contributed by atoms with Gasteiger partial charge in [0, 0.05) is 0 Å². The molecule has 0 atom stereocenters. The molecule has 3 nitrogen and oxygen atoms in total. The molecule has 1 aromatic rings. The monoisotopic (exact) mass is 155 g/mol. The van der Waals surface area contributed by atoms with Crippen molar-refractivity contribution in [3.8, 4) is 5.75 Å². The smallest absolute Gasteiger partial charge is 0.407 e. The van der Waals surface area contributed by atoms with E-state index in [9.17, 15) is 9.18 Å². The summed E-state index contributed by atoms with van der Waals surface area (Å²) in [6, 6.07) is 5.53. The standard InChI is InChI=1S/C7H6FNO2/c8-5-3-1-2-4-6(5)11-7(9)10/h1-4H,(H2,9,10). The van der Waals surface area contributed by atoms with Gasteiger partial charge >= 0.3 is 6.09 Å². The average molecular weight is 155 g/mol. The van der Waals surface area contributed by atoms with Gasteiger partial charge in [-0.25, -0.2) is 9.18 Å². The van der Waals surface area contributed by atoms with Crippen LogP contribution >= 0.6 is 0 Å². The molecule has 2 N–H and O–H groups in total. The lowest BCUT2D eigenvalue weighted by Gasteiger charge is -1.99. The zero-order chi connectivity index (χ0) is 8.27. The summed E-state index contributed by atoms with van der Waals surface area (Å²) in [5.41, 5.74) is 4.67. The van der Waals surface area contributed by atoms with Crippen LogP contribution in [0.3, 0.4) is 0 Å². The van der Waals surface area contributed by atoms with E-state index in [4.69, 9.17) is 0 Å². The van der Waals surface area contributed by atoms with Gasteiger partial charge in [-0.2, -0.15) is 0 Å². The zero-order valence-corrected chi connectivity index (χ0v) is 5.58. The van der Waals surface area contributed by atoms with Gasteiger partial charge in [-0.3, -0.25) is 0 Å². The molecule has 0 spiro atoms. The van der Waals surface area contributed by atoms with Crippen LogP contribution in [0.5, 0.6) is 5.75 Å². The summed E-state index contributed by atoms with van der Waals surface area (Å²) >= 11 is 0. The van der Waals surface area contributed by atoms with Gasteiger partial charge in [0.05, 0.1) is 0 Å². The van der Waals surface area contributed by atoms with Crippen molar-refractivity contribution in [2.75, 3.05) is 0 Å². The molecule has 0 aliphatic rings. The second kappa shape index (κ2) is 3.01. The first-order valence-corrected chi connectivity index (χ1v) is 2.92. The fraction of sp³-hybridized carbons (Fsp3) is 0. The maximum Gasteiger partial charge on any atom is 0.410 e. The number of benzene rings is 1. The highest BCUT2D eigenvalue weighted by Gasteiger charge is 2.03. The Balaban J connectivity index is 2.86. The van der Waals surface area contributed by atoms with E-state index in [-0.39, 0.29) is 5.75 Å². The molecule has 0 aliphatic heterocycles. The van der Waals surface area contributed by atoms with Crippen LogP contribution in [0.1, 0.15) is 0 Å². The van der Waals surface area contributed by atoms with E-state index in [2.05, 4.69) is 10.5 Å². The van der Waals surface area contributed by atoms with E-state index >= 15 is 0 Å². The fourth-order valence-electron chi connectivity index (χ4n) is 0.636. The highest BCUT2D eigenvalue weighted by Crippen LogP contribution is 2.14. The van der Waals surface area contributed by atoms with Crippen molar-refractivity contribution < 1.29 is 13.9 Å². The first kappa shape index (κ1) is 7.53. The lowest BCUT2D eigenvalue weighted by molar-refractivity contribution is 0.208. The van der Waals surface area contributed by atoms with Crippen LogP contribution in [-0.2, 0) is 0 Å². The summed E-state index contributed by atoms with van der Waals surface area (Å²) in [7, 11) is 0. The Hall–Kier alpha value is -1.58. The molecule has 11 heavy (non-hydrogen) atoms. The molecule has 0 saturated carbocycles. The summed E-state index contributed by atoms with van der Waals surface area (Å²) in [5, 5.41) is 0.